The summed E-state index contributed by atoms with van der Waals surface area (Å²) in [6, 6.07) is 29.2. The van der Waals surface area contributed by atoms with Gasteiger partial charge < -0.3 is 40.0 Å². The molecule has 0 spiro atoms. The third kappa shape index (κ3) is 18.3. The Balaban J connectivity index is 1.21. The summed E-state index contributed by atoms with van der Waals surface area (Å²) >= 11 is 0. The Morgan fingerprint density at radius 3 is 0.790 bits per heavy atom. The molecule has 332 valence electrons. The SMILES string of the molecule is Oc1ccccc1C=NCCCN1CCCN(CCCN=Cc2ccccc2O)CCN(CCCN=Cc2ccccc2O)CCCN(CCCN=Cc2ccccc2O)CC1. The molecule has 5 rings (SSSR count). The van der Waals surface area contributed by atoms with Crippen LogP contribution in [0.3, 0.4) is 0 Å². The summed E-state index contributed by atoms with van der Waals surface area (Å²) < 4.78 is 0. The van der Waals surface area contributed by atoms with E-state index in [4.69, 9.17) is 0 Å². The lowest BCUT2D eigenvalue weighted by molar-refractivity contribution is 0.157. The number of hydrogen-bond acceptors (Lipinski definition) is 12. The molecule has 62 heavy (non-hydrogen) atoms. The lowest BCUT2D eigenvalue weighted by atomic mass is 10.2. The monoisotopic (exact) mass is 845 g/mol. The summed E-state index contributed by atoms with van der Waals surface area (Å²) in [5.74, 6) is 1.000. The van der Waals surface area contributed by atoms with Gasteiger partial charge in [0, 0.05) is 99.5 Å². The van der Waals surface area contributed by atoms with Crippen molar-refractivity contribution >= 4 is 24.9 Å². The largest absolute Gasteiger partial charge is 0.507 e. The first-order chi connectivity index (χ1) is 30.4. The normalized spacial score (nSPS) is 16.3. The fraction of sp³-hybridized carbons (Fsp3) is 0.440. The van der Waals surface area contributed by atoms with Crippen LogP contribution in [0, 0.1) is 0 Å². The van der Waals surface area contributed by atoms with Crippen LogP contribution in [-0.4, -0.2) is 170 Å². The Bertz CT molecular complexity index is 1710. The summed E-state index contributed by atoms with van der Waals surface area (Å²) in [6.07, 6.45) is 13.0. The number of rotatable bonds is 20. The van der Waals surface area contributed by atoms with E-state index in [1.165, 1.54) is 0 Å². The average molecular weight is 845 g/mol. The minimum absolute atomic E-state index is 0.250. The summed E-state index contributed by atoms with van der Waals surface area (Å²) in [5, 5.41) is 40.6. The highest BCUT2D eigenvalue weighted by atomic mass is 16.3. The van der Waals surface area contributed by atoms with E-state index in [1.807, 2.05) is 72.8 Å². The second kappa shape index (κ2) is 28.2. The van der Waals surface area contributed by atoms with Crippen LogP contribution in [0.15, 0.2) is 117 Å². The van der Waals surface area contributed by atoms with Gasteiger partial charge in [-0.05, 0) is 139 Å². The van der Waals surface area contributed by atoms with Crippen molar-refractivity contribution in [2.24, 2.45) is 20.0 Å². The maximum Gasteiger partial charge on any atom is 0.124 e. The first-order valence-corrected chi connectivity index (χ1v) is 22.5. The van der Waals surface area contributed by atoms with Gasteiger partial charge in [-0.15, -0.1) is 0 Å². The minimum atomic E-state index is 0.250. The highest BCUT2D eigenvalue weighted by Gasteiger charge is 2.15. The molecule has 1 aliphatic heterocycles. The molecule has 0 radical (unpaired) electrons. The van der Waals surface area contributed by atoms with Gasteiger partial charge in [-0.3, -0.25) is 20.0 Å². The quantitative estimate of drug-likeness (QED) is 0.0560. The van der Waals surface area contributed by atoms with Crippen molar-refractivity contribution < 1.29 is 20.4 Å². The zero-order valence-corrected chi connectivity index (χ0v) is 36.5. The van der Waals surface area contributed by atoms with Crippen LogP contribution in [0.1, 0.15) is 60.8 Å². The molecule has 0 unspecified atom stereocenters. The first kappa shape index (κ1) is 47.6. The van der Waals surface area contributed by atoms with Gasteiger partial charge in [0.2, 0.25) is 0 Å². The molecular weight excluding hydrogens is 777 g/mol. The minimum Gasteiger partial charge on any atom is -0.507 e. The molecule has 4 aromatic rings. The fourth-order valence-corrected chi connectivity index (χ4v) is 7.52. The van der Waals surface area contributed by atoms with Gasteiger partial charge in [-0.25, -0.2) is 0 Å². The number of hydrogen-bond donors (Lipinski definition) is 4. The number of para-hydroxylation sites is 4. The first-order valence-electron chi connectivity index (χ1n) is 22.5. The van der Waals surface area contributed by atoms with Crippen molar-refractivity contribution in [3.8, 4) is 23.0 Å². The molecule has 12 heteroatoms. The lowest BCUT2D eigenvalue weighted by Gasteiger charge is -2.32. The Labute approximate surface area is 369 Å². The summed E-state index contributed by atoms with van der Waals surface area (Å²) in [7, 11) is 0. The number of benzene rings is 4. The molecule has 12 nitrogen and oxygen atoms in total. The molecule has 1 saturated heterocycles. The topological polar surface area (TPSA) is 143 Å². The zero-order valence-electron chi connectivity index (χ0n) is 36.5. The third-order valence-corrected chi connectivity index (χ3v) is 11.1. The number of phenolic OH excluding ortho intramolecular Hbond substituents is 4. The molecule has 1 aliphatic rings. The van der Waals surface area contributed by atoms with Gasteiger partial charge in [0.15, 0.2) is 0 Å². The van der Waals surface area contributed by atoms with Crippen LogP contribution in [-0.2, 0) is 0 Å². The Morgan fingerprint density at radius 2 is 0.565 bits per heavy atom. The molecule has 0 bridgehead atoms. The van der Waals surface area contributed by atoms with Crippen LogP contribution in [0.25, 0.3) is 0 Å². The van der Waals surface area contributed by atoms with E-state index in [2.05, 4.69) is 39.6 Å². The summed E-state index contributed by atoms with van der Waals surface area (Å²) in [6.45, 7) is 14.5. The second-order valence-corrected chi connectivity index (χ2v) is 15.9. The number of aromatic hydroxyl groups is 4. The van der Waals surface area contributed by atoms with Crippen molar-refractivity contribution in [2.75, 3.05) is 105 Å². The van der Waals surface area contributed by atoms with Crippen molar-refractivity contribution in [2.45, 2.75) is 38.5 Å². The Kier molecular flexibility index (Phi) is 21.7. The van der Waals surface area contributed by atoms with Crippen LogP contribution < -0.4 is 0 Å². The second-order valence-electron chi connectivity index (χ2n) is 15.9. The van der Waals surface area contributed by atoms with E-state index in [1.54, 1.807) is 49.1 Å². The van der Waals surface area contributed by atoms with Crippen molar-refractivity contribution in [1.29, 1.82) is 0 Å². The van der Waals surface area contributed by atoms with Crippen molar-refractivity contribution in [3.63, 3.8) is 0 Å². The Hall–Kier alpha value is -5.40. The lowest BCUT2D eigenvalue weighted by Crippen LogP contribution is -2.42. The Morgan fingerprint density at radius 1 is 0.339 bits per heavy atom. The zero-order chi connectivity index (χ0) is 43.5. The maximum atomic E-state index is 10.2. The molecule has 0 amide bonds. The van der Waals surface area contributed by atoms with Gasteiger partial charge >= 0.3 is 0 Å². The van der Waals surface area contributed by atoms with Crippen LogP contribution in [0.2, 0.25) is 0 Å². The summed E-state index contributed by atoms with van der Waals surface area (Å²) in [5.41, 5.74) is 2.97. The molecule has 4 aromatic carbocycles. The third-order valence-electron chi connectivity index (χ3n) is 11.1. The number of phenols is 4. The molecule has 0 atom stereocenters. The smallest absolute Gasteiger partial charge is 0.124 e. The van der Waals surface area contributed by atoms with Gasteiger partial charge in [0.05, 0.1) is 0 Å². The van der Waals surface area contributed by atoms with Gasteiger partial charge in [0.1, 0.15) is 23.0 Å². The average Bonchev–Trinajstić information content (AvgIpc) is 3.27. The molecule has 1 heterocycles. The van der Waals surface area contributed by atoms with Gasteiger partial charge in [-0.1, -0.05) is 48.5 Å². The van der Waals surface area contributed by atoms with Crippen LogP contribution in [0.5, 0.6) is 23.0 Å². The van der Waals surface area contributed by atoms with Gasteiger partial charge in [0.25, 0.3) is 0 Å². The number of nitrogens with zero attached hydrogens (tertiary/aromatic N) is 8. The standard InChI is InChI=1S/C50H68N8O4/c59-47-19-5-1-15-43(47)39-51-23-9-27-55-31-13-32-57(29-11-25-53-41-45-17-3-7-21-49(45)61)37-38-58(30-12-26-54-42-46-18-4-8-22-50(46)62)34-14-33-56(36-35-55)28-10-24-52-40-44-16-2-6-20-48(44)60/h1-8,15-22,39-42,59-62H,9-14,23-38H2. The molecule has 0 saturated carbocycles. The van der Waals surface area contributed by atoms with Crippen LogP contribution >= 0.6 is 0 Å². The fourth-order valence-electron chi connectivity index (χ4n) is 7.52. The highest BCUT2D eigenvalue weighted by molar-refractivity contribution is 5.84. The predicted octanol–water partition coefficient (Wildman–Crippen LogP) is 6.85. The molecule has 0 aromatic heterocycles. The molecule has 1 fully saturated rings. The van der Waals surface area contributed by atoms with Crippen molar-refractivity contribution in [3.05, 3.63) is 119 Å². The van der Waals surface area contributed by atoms with E-state index in [-0.39, 0.29) is 23.0 Å². The predicted molar refractivity (Wildman–Crippen MR) is 256 cm³/mol. The maximum absolute atomic E-state index is 10.2. The highest BCUT2D eigenvalue weighted by Crippen LogP contribution is 2.16. The molecule has 4 N–H and O–H groups in total. The van der Waals surface area contributed by atoms with E-state index in [0.717, 1.165) is 139 Å². The van der Waals surface area contributed by atoms with Crippen LogP contribution in [0.4, 0.5) is 0 Å². The number of aliphatic imine (C=N–C) groups is 4. The molecular formula is C50H68N8O4. The van der Waals surface area contributed by atoms with E-state index in [0.29, 0.717) is 26.2 Å². The summed E-state index contributed by atoms with van der Waals surface area (Å²) in [4.78, 5) is 29.0. The van der Waals surface area contributed by atoms with E-state index in [9.17, 15) is 20.4 Å². The van der Waals surface area contributed by atoms with Gasteiger partial charge in [-0.2, -0.15) is 0 Å². The van der Waals surface area contributed by atoms with Crippen molar-refractivity contribution in [1.82, 2.24) is 19.6 Å². The molecule has 0 aliphatic carbocycles. The van der Waals surface area contributed by atoms with E-state index >= 15 is 0 Å². The van der Waals surface area contributed by atoms with E-state index < -0.39 is 0 Å².